The lowest BCUT2D eigenvalue weighted by atomic mass is 10.4. The zero-order valence-corrected chi connectivity index (χ0v) is 13.6. The molecule has 1 aromatic rings. The minimum Gasteiger partial charge on any atom is -0.329 e. The maximum Gasteiger partial charge on any atom is 0.244 e. The highest BCUT2D eigenvalue weighted by Gasteiger charge is 2.24. The van der Waals surface area contributed by atoms with Crippen LogP contribution in [0.25, 0.3) is 0 Å². The van der Waals surface area contributed by atoms with Crippen LogP contribution in [0.3, 0.4) is 0 Å². The highest BCUT2D eigenvalue weighted by Crippen LogP contribution is 2.19. The molecule has 7 nitrogen and oxygen atoms in total. The van der Waals surface area contributed by atoms with Crippen LogP contribution in [0.5, 0.6) is 0 Å². The van der Waals surface area contributed by atoms with E-state index in [0.29, 0.717) is 31.0 Å². The Morgan fingerprint density at radius 1 is 1.24 bits per heavy atom. The van der Waals surface area contributed by atoms with E-state index in [-0.39, 0.29) is 4.90 Å². The van der Waals surface area contributed by atoms with E-state index in [4.69, 9.17) is 5.73 Å². The maximum atomic E-state index is 12.5. The third-order valence-electron chi connectivity index (χ3n) is 3.84. The second kappa shape index (κ2) is 6.87. The third kappa shape index (κ3) is 3.82. The molecule has 2 heterocycles. The van der Waals surface area contributed by atoms with E-state index in [1.807, 2.05) is 0 Å². The molecule has 1 saturated heterocycles. The van der Waals surface area contributed by atoms with E-state index in [9.17, 15) is 8.42 Å². The van der Waals surface area contributed by atoms with Crippen molar-refractivity contribution in [2.24, 2.45) is 5.73 Å². The summed E-state index contributed by atoms with van der Waals surface area (Å²) in [4.78, 5) is 2.57. The number of aryl methyl sites for hydroxylation is 1. The number of hydrogen-bond donors (Lipinski definition) is 2. The van der Waals surface area contributed by atoms with Gasteiger partial charge in [-0.1, -0.05) is 0 Å². The first kappa shape index (κ1) is 16.4. The molecule has 0 radical (unpaired) electrons. The van der Waals surface area contributed by atoms with Crippen molar-refractivity contribution in [2.75, 3.05) is 32.7 Å². The molecule has 1 aliphatic heterocycles. The van der Waals surface area contributed by atoms with Crippen LogP contribution in [0, 0.1) is 13.8 Å². The van der Waals surface area contributed by atoms with Gasteiger partial charge in [0.05, 0.1) is 17.9 Å². The van der Waals surface area contributed by atoms with Gasteiger partial charge >= 0.3 is 0 Å². The van der Waals surface area contributed by atoms with Crippen LogP contribution in [0.1, 0.15) is 24.2 Å². The van der Waals surface area contributed by atoms with Crippen molar-refractivity contribution in [2.45, 2.75) is 38.1 Å². The lowest BCUT2D eigenvalue weighted by Gasteiger charge is -2.15. The molecule has 0 atom stereocenters. The fourth-order valence-electron chi connectivity index (χ4n) is 2.83. The molecule has 3 N–H and O–H groups in total. The highest BCUT2D eigenvalue weighted by atomic mass is 32.2. The van der Waals surface area contributed by atoms with Gasteiger partial charge in [-0.15, -0.1) is 0 Å². The molecule has 0 bridgehead atoms. The molecule has 0 aromatic carbocycles. The normalized spacial score (nSPS) is 16.7. The van der Waals surface area contributed by atoms with Crippen LogP contribution in [-0.4, -0.2) is 55.8 Å². The Labute approximate surface area is 126 Å². The number of hydrogen-bond acceptors (Lipinski definition) is 5. The Morgan fingerprint density at radius 3 is 2.52 bits per heavy atom. The quantitative estimate of drug-likeness (QED) is 0.729. The number of nitrogens with zero attached hydrogens (tertiary/aromatic N) is 3. The van der Waals surface area contributed by atoms with Crippen LogP contribution in [0.15, 0.2) is 4.90 Å². The van der Waals surface area contributed by atoms with Gasteiger partial charge in [-0.3, -0.25) is 4.68 Å². The maximum absolute atomic E-state index is 12.5. The van der Waals surface area contributed by atoms with Crippen LogP contribution in [-0.2, 0) is 16.6 Å². The Kier molecular flexibility index (Phi) is 5.37. The van der Waals surface area contributed by atoms with Gasteiger partial charge in [0.25, 0.3) is 0 Å². The summed E-state index contributed by atoms with van der Waals surface area (Å²) in [5.74, 6) is 0. The van der Waals surface area contributed by atoms with Gasteiger partial charge in [0.2, 0.25) is 10.0 Å². The first-order valence-corrected chi connectivity index (χ1v) is 8.90. The Balaban J connectivity index is 2.04. The van der Waals surface area contributed by atoms with Gasteiger partial charge in [-0.05, 0) is 39.8 Å². The molecule has 120 valence electrons. The van der Waals surface area contributed by atoms with Gasteiger partial charge in [-0.25, -0.2) is 13.1 Å². The highest BCUT2D eigenvalue weighted by molar-refractivity contribution is 7.89. The van der Waals surface area contributed by atoms with E-state index >= 15 is 0 Å². The second-order valence-corrected chi connectivity index (χ2v) is 7.16. The van der Waals surface area contributed by atoms with Crippen LogP contribution in [0.2, 0.25) is 0 Å². The van der Waals surface area contributed by atoms with Gasteiger partial charge in [0, 0.05) is 19.6 Å². The molecule has 1 aliphatic rings. The number of nitrogens with one attached hydrogen (secondary N) is 1. The number of nitrogens with two attached hydrogens (primary N) is 1. The Hall–Kier alpha value is -0.960. The summed E-state index contributed by atoms with van der Waals surface area (Å²) >= 11 is 0. The average molecular weight is 315 g/mol. The largest absolute Gasteiger partial charge is 0.329 e. The Bertz CT molecular complexity index is 576. The first-order chi connectivity index (χ1) is 9.95. The summed E-state index contributed by atoms with van der Waals surface area (Å²) in [7, 11) is -3.51. The lowest BCUT2D eigenvalue weighted by Crippen LogP contribution is -2.34. The summed E-state index contributed by atoms with van der Waals surface area (Å²) in [6.07, 6.45) is 2.41. The van der Waals surface area contributed by atoms with Crippen molar-refractivity contribution < 1.29 is 8.42 Å². The molecule has 0 spiro atoms. The number of aromatic nitrogens is 2. The molecule has 21 heavy (non-hydrogen) atoms. The monoisotopic (exact) mass is 315 g/mol. The van der Waals surface area contributed by atoms with Gasteiger partial charge in [-0.2, -0.15) is 5.10 Å². The van der Waals surface area contributed by atoms with E-state index in [2.05, 4.69) is 14.7 Å². The average Bonchev–Trinajstić information content (AvgIpc) is 2.99. The Morgan fingerprint density at radius 2 is 1.90 bits per heavy atom. The van der Waals surface area contributed by atoms with Crippen LogP contribution < -0.4 is 10.5 Å². The lowest BCUT2D eigenvalue weighted by molar-refractivity contribution is 0.344. The standard InChI is InChI=1S/C13H25N5O2S/c1-11-13(12(2)18(16-11)9-5-14)21(19,20)15-6-10-17-7-3-4-8-17/h15H,3-10,14H2,1-2H3. The topological polar surface area (TPSA) is 93.2 Å². The van der Waals surface area contributed by atoms with Crippen LogP contribution in [0.4, 0.5) is 0 Å². The molecule has 0 unspecified atom stereocenters. The molecule has 0 amide bonds. The summed E-state index contributed by atoms with van der Waals surface area (Å²) in [6, 6.07) is 0. The van der Waals surface area contributed by atoms with Crippen molar-refractivity contribution >= 4 is 10.0 Å². The van der Waals surface area contributed by atoms with E-state index in [1.54, 1.807) is 18.5 Å². The van der Waals surface area contributed by atoms with Gasteiger partial charge in [0.1, 0.15) is 4.90 Å². The smallest absolute Gasteiger partial charge is 0.244 e. The first-order valence-electron chi connectivity index (χ1n) is 7.42. The third-order valence-corrected chi connectivity index (χ3v) is 5.56. The number of rotatable bonds is 7. The molecular weight excluding hydrogens is 290 g/mol. The zero-order valence-electron chi connectivity index (χ0n) is 12.8. The fourth-order valence-corrected chi connectivity index (χ4v) is 4.25. The van der Waals surface area contributed by atoms with Crippen LogP contribution >= 0.6 is 0 Å². The molecule has 1 fully saturated rings. The van der Waals surface area contributed by atoms with Gasteiger partial charge < -0.3 is 10.6 Å². The van der Waals surface area contributed by atoms with Crippen molar-refractivity contribution in [3.63, 3.8) is 0 Å². The zero-order chi connectivity index (χ0) is 15.5. The minimum atomic E-state index is -3.51. The molecule has 0 aliphatic carbocycles. The van der Waals surface area contributed by atoms with Crippen molar-refractivity contribution in [3.05, 3.63) is 11.4 Å². The molecule has 0 saturated carbocycles. The summed E-state index contributed by atoms with van der Waals surface area (Å²) < 4.78 is 29.2. The molecule has 8 heteroatoms. The summed E-state index contributed by atoms with van der Waals surface area (Å²) in [5, 5.41) is 4.26. The number of sulfonamides is 1. The number of likely N-dealkylation sites (tertiary alicyclic amines) is 1. The van der Waals surface area contributed by atoms with Gasteiger partial charge in [0.15, 0.2) is 0 Å². The fraction of sp³-hybridized carbons (Fsp3) is 0.769. The molecular formula is C13H25N5O2S. The predicted molar refractivity (Wildman–Crippen MR) is 81.6 cm³/mol. The van der Waals surface area contributed by atoms with E-state index in [1.165, 1.54) is 12.8 Å². The van der Waals surface area contributed by atoms with Crippen molar-refractivity contribution in [3.8, 4) is 0 Å². The van der Waals surface area contributed by atoms with E-state index in [0.717, 1.165) is 19.6 Å². The van der Waals surface area contributed by atoms with Crippen molar-refractivity contribution in [1.82, 2.24) is 19.4 Å². The predicted octanol–water partition coefficient (Wildman–Crippen LogP) is -0.167. The minimum absolute atomic E-state index is 0.289. The van der Waals surface area contributed by atoms with Crippen molar-refractivity contribution in [1.29, 1.82) is 0 Å². The second-order valence-electron chi connectivity index (χ2n) is 5.46. The summed E-state index contributed by atoms with van der Waals surface area (Å²) in [5.41, 5.74) is 6.68. The van der Waals surface area contributed by atoms with E-state index < -0.39 is 10.0 Å². The summed E-state index contributed by atoms with van der Waals surface area (Å²) in [6.45, 7) is 7.76. The SMILES string of the molecule is Cc1nn(CCN)c(C)c1S(=O)(=O)NCCN1CCCC1. The molecule has 2 rings (SSSR count). The molecule has 1 aromatic heterocycles.